The zero-order chi connectivity index (χ0) is 9.52. The summed E-state index contributed by atoms with van der Waals surface area (Å²) in [6.45, 7) is 0.841. The number of rotatable bonds is 5. The fraction of sp³-hybridized carbons (Fsp3) is 0.500. The van der Waals surface area contributed by atoms with Crippen LogP contribution in [0.1, 0.15) is 18.5 Å². The van der Waals surface area contributed by atoms with E-state index < -0.39 is 0 Å². The summed E-state index contributed by atoms with van der Waals surface area (Å²) in [5.74, 6) is 0. The number of unbranched alkanes of at least 4 members (excludes halogenated alkanes) is 1. The number of ether oxygens (including phenoxy) is 1. The summed E-state index contributed by atoms with van der Waals surface area (Å²) in [6.07, 6.45) is 5.10. The van der Waals surface area contributed by atoms with E-state index in [0.717, 1.165) is 36.0 Å². The Balaban J connectivity index is 2.28. The van der Waals surface area contributed by atoms with Gasteiger partial charge in [0.2, 0.25) is 0 Å². The summed E-state index contributed by atoms with van der Waals surface area (Å²) in [7, 11) is 1.73. The van der Waals surface area contributed by atoms with Crippen LogP contribution in [0.3, 0.4) is 0 Å². The van der Waals surface area contributed by atoms with Crippen LogP contribution in [-0.4, -0.2) is 18.7 Å². The van der Waals surface area contributed by atoms with Gasteiger partial charge in [-0.05, 0) is 31.4 Å². The summed E-state index contributed by atoms with van der Waals surface area (Å²) < 4.78 is 6.07. The number of halogens is 1. The molecular formula is C10H14BrNO. The van der Waals surface area contributed by atoms with E-state index in [2.05, 4.69) is 27.0 Å². The molecule has 2 nitrogen and oxygen atoms in total. The van der Waals surface area contributed by atoms with Gasteiger partial charge in [0.15, 0.2) is 0 Å². The van der Waals surface area contributed by atoms with Crippen molar-refractivity contribution < 1.29 is 4.74 Å². The van der Waals surface area contributed by atoms with Crippen molar-refractivity contribution in [1.29, 1.82) is 0 Å². The number of hydrogen-bond acceptors (Lipinski definition) is 2. The lowest BCUT2D eigenvalue weighted by molar-refractivity contribution is 0.193. The molecule has 1 rings (SSSR count). The van der Waals surface area contributed by atoms with Gasteiger partial charge in [0.25, 0.3) is 0 Å². The van der Waals surface area contributed by atoms with Crippen LogP contribution >= 0.6 is 15.9 Å². The Morgan fingerprint density at radius 3 is 3.00 bits per heavy atom. The normalized spacial score (nSPS) is 10.3. The van der Waals surface area contributed by atoms with Crippen molar-refractivity contribution >= 4 is 15.9 Å². The van der Waals surface area contributed by atoms with E-state index >= 15 is 0 Å². The van der Waals surface area contributed by atoms with Crippen molar-refractivity contribution in [2.24, 2.45) is 0 Å². The van der Waals surface area contributed by atoms with Gasteiger partial charge < -0.3 is 4.74 Å². The Hall–Kier alpha value is -0.410. The van der Waals surface area contributed by atoms with Gasteiger partial charge >= 0.3 is 0 Å². The van der Waals surface area contributed by atoms with E-state index in [-0.39, 0.29) is 0 Å². The van der Waals surface area contributed by atoms with E-state index in [4.69, 9.17) is 4.74 Å². The number of aryl methyl sites for hydroxylation is 1. The molecule has 1 aromatic rings. The number of methoxy groups -OCH3 is 1. The smallest absolute Gasteiger partial charge is 0.0462 e. The highest BCUT2D eigenvalue weighted by atomic mass is 79.9. The van der Waals surface area contributed by atoms with Gasteiger partial charge in [-0.15, -0.1) is 0 Å². The third-order valence-electron chi connectivity index (χ3n) is 1.81. The number of pyridine rings is 1. The SMILES string of the molecule is COCCCCc1cc(Br)ccn1. The number of hydrogen-bond donors (Lipinski definition) is 0. The summed E-state index contributed by atoms with van der Waals surface area (Å²) in [4.78, 5) is 4.27. The summed E-state index contributed by atoms with van der Waals surface area (Å²) >= 11 is 3.42. The van der Waals surface area contributed by atoms with Crippen LogP contribution in [0.15, 0.2) is 22.8 Å². The van der Waals surface area contributed by atoms with Crippen LogP contribution in [-0.2, 0) is 11.2 Å². The van der Waals surface area contributed by atoms with Crippen molar-refractivity contribution in [2.45, 2.75) is 19.3 Å². The second-order valence-corrected chi connectivity index (χ2v) is 3.83. The molecule has 72 valence electrons. The molecule has 0 radical (unpaired) electrons. The molecule has 0 amide bonds. The lowest BCUT2D eigenvalue weighted by atomic mass is 10.2. The molecule has 0 bridgehead atoms. The third kappa shape index (κ3) is 4.39. The molecular weight excluding hydrogens is 230 g/mol. The zero-order valence-electron chi connectivity index (χ0n) is 7.79. The van der Waals surface area contributed by atoms with E-state index in [1.165, 1.54) is 0 Å². The van der Waals surface area contributed by atoms with Gasteiger partial charge in [0.05, 0.1) is 0 Å². The first-order chi connectivity index (χ1) is 6.33. The third-order valence-corrected chi connectivity index (χ3v) is 2.30. The minimum absolute atomic E-state index is 0.841. The van der Waals surface area contributed by atoms with Crippen LogP contribution in [0.2, 0.25) is 0 Å². The fourth-order valence-corrected chi connectivity index (χ4v) is 1.52. The van der Waals surface area contributed by atoms with E-state index in [1.54, 1.807) is 7.11 Å². The Morgan fingerprint density at radius 2 is 2.31 bits per heavy atom. The maximum absolute atomic E-state index is 4.97. The highest BCUT2D eigenvalue weighted by Crippen LogP contribution is 2.10. The van der Waals surface area contributed by atoms with E-state index in [9.17, 15) is 0 Å². The van der Waals surface area contributed by atoms with Crippen LogP contribution < -0.4 is 0 Å². The minimum atomic E-state index is 0.841. The van der Waals surface area contributed by atoms with Crippen molar-refractivity contribution in [2.75, 3.05) is 13.7 Å². The molecule has 3 heteroatoms. The van der Waals surface area contributed by atoms with Gasteiger partial charge in [0.1, 0.15) is 0 Å². The molecule has 0 aliphatic rings. The molecule has 0 atom stereocenters. The fourth-order valence-electron chi connectivity index (χ4n) is 1.14. The lowest BCUT2D eigenvalue weighted by Gasteiger charge is -2.00. The van der Waals surface area contributed by atoms with Crippen LogP contribution in [0, 0.1) is 0 Å². The minimum Gasteiger partial charge on any atom is -0.385 e. The highest BCUT2D eigenvalue weighted by Gasteiger charge is 1.95. The van der Waals surface area contributed by atoms with Crippen molar-refractivity contribution in [3.05, 3.63) is 28.5 Å². The topological polar surface area (TPSA) is 22.1 Å². The molecule has 0 aromatic carbocycles. The van der Waals surface area contributed by atoms with E-state index in [1.807, 2.05) is 12.3 Å². The molecule has 0 fully saturated rings. The Kier molecular flexibility index (Phi) is 5.01. The largest absolute Gasteiger partial charge is 0.385 e. The average molecular weight is 244 g/mol. The van der Waals surface area contributed by atoms with Gasteiger partial charge in [-0.3, -0.25) is 4.98 Å². The second-order valence-electron chi connectivity index (χ2n) is 2.92. The van der Waals surface area contributed by atoms with Gasteiger partial charge in [-0.2, -0.15) is 0 Å². The molecule has 0 spiro atoms. The van der Waals surface area contributed by atoms with E-state index in [0.29, 0.717) is 0 Å². The van der Waals surface area contributed by atoms with Crippen molar-refractivity contribution in [3.63, 3.8) is 0 Å². The molecule has 0 saturated carbocycles. The highest BCUT2D eigenvalue weighted by molar-refractivity contribution is 9.10. The van der Waals surface area contributed by atoms with Gasteiger partial charge in [-0.25, -0.2) is 0 Å². The maximum atomic E-state index is 4.97. The zero-order valence-corrected chi connectivity index (χ0v) is 9.38. The first-order valence-electron chi connectivity index (χ1n) is 4.42. The standard InChI is InChI=1S/C10H14BrNO/c1-13-7-3-2-4-10-8-9(11)5-6-12-10/h5-6,8H,2-4,7H2,1H3. The molecule has 0 N–H and O–H groups in total. The molecule has 0 aliphatic carbocycles. The quantitative estimate of drug-likeness (QED) is 0.743. The molecule has 0 unspecified atom stereocenters. The Labute approximate surface area is 87.5 Å². The van der Waals surface area contributed by atoms with Crippen LogP contribution in [0.25, 0.3) is 0 Å². The lowest BCUT2D eigenvalue weighted by Crippen LogP contribution is -1.93. The molecule has 13 heavy (non-hydrogen) atoms. The Bertz CT molecular complexity index is 252. The van der Waals surface area contributed by atoms with Crippen LogP contribution in [0.5, 0.6) is 0 Å². The average Bonchev–Trinajstić information content (AvgIpc) is 2.13. The Morgan fingerprint density at radius 1 is 1.46 bits per heavy atom. The summed E-state index contributed by atoms with van der Waals surface area (Å²) in [6, 6.07) is 4.01. The summed E-state index contributed by atoms with van der Waals surface area (Å²) in [5.41, 5.74) is 1.14. The monoisotopic (exact) mass is 243 g/mol. The molecule has 1 aromatic heterocycles. The predicted molar refractivity (Wildman–Crippen MR) is 56.8 cm³/mol. The second kappa shape index (κ2) is 6.11. The van der Waals surface area contributed by atoms with Gasteiger partial charge in [-0.1, -0.05) is 15.9 Å². The molecule has 0 saturated heterocycles. The first-order valence-corrected chi connectivity index (χ1v) is 5.21. The van der Waals surface area contributed by atoms with Crippen molar-refractivity contribution in [1.82, 2.24) is 4.98 Å². The van der Waals surface area contributed by atoms with Gasteiger partial charge in [0, 0.05) is 30.1 Å². The molecule has 1 heterocycles. The summed E-state index contributed by atoms with van der Waals surface area (Å²) in [5, 5.41) is 0. The predicted octanol–water partition coefficient (Wildman–Crippen LogP) is 2.81. The first kappa shape index (κ1) is 10.7. The molecule has 0 aliphatic heterocycles. The van der Waals surface area contributed by atoms with Crippen LogP contribution in [0.4, 0.5) is 0 Å². The number of aromatic nitrogens is 1. The number of nitrogens with zero attached hydrogens (tertiary/aromatic N) is 1. The van der Waals surface area contributed by atoms with Crippen molar-refractivity contribution in [3.8, 4) is 0 Å². The maximum Gasteiger partial charge on any atom is 0.0462 e.